The standard InChI is InChI=1S/C23H27ClN6O2/c1-16-12-23(20-11-18(24)4-3-17(20)5-10-32-23)6-8-29(16)13-19-14-30(27-26-19)15-21-22(31)28(2)9-7-25-21/h3-4,7,9,11,14,16H,5-6,8,10,12-13,15H2,1-2H3/t16-,23+/m0/s1. The van der Waals surface area contributed by atoms with Crippen LogP contribution in [0.15, 0.2) is 41.6 Å². The van der Waals surface area contributed by atoms with E-state index in [4.69, 9.17) is 16.3 Å². The summed E-state index contributed by atoms with van der Waals surface area (Å²) in [7, 11) is 1.72. The average molecular weight is 455 g/mol. The normalized spacial score (nSPS) is 23.4. The van der Waals surface area contributed by atoms with Crippen LogP contribution in [-0.2, 0) is 36.9 Å². The molecule has 2 atom stereocenters. The molecule has 0 aliphatic carbocycles. The van der Waals surface area contributed by atoms with Crippen LogP contribution in [0.2, 0.25) is 5.02 Å². The molecule has 5 rings (SSSR count). The number of nitrogens with zero attached hydrogens (tertiary/aromatic N) is 6. The Hall–Kier alpha value is -2.55. The van der Waals surface area contributed by atoms with Crippen molar-refractivity contribution >= 4 is 11.6 Å². The zero-order valence-corrected chi connectivity index (χ0v) is 19.1. The molecule has 0 amide bonds. The first-order valence-electron chi connectivity index (χ1n) is 11.0. The summed E-state index contributed by atoms with van der Waals surface area (Å²) < 4.78 is 9.59. The average Bonchev–Trinajstić information content (AvgIpc) is 3.21. The van der Waals surface area contributed by atoms with E-state index in [0.29, 0.717) is 24.8 Å². The van der Waals surface area contributed by atoms with E-state index >= 15 is 0 Å². The predicted octanol–water partition coefficient (Wildman–Crippen LogP) is 2.53. The molecule has 168 valence electrons. The van der Waals surface area contributed by atoms with Crippen LogP contribution in [0.25, 0.3) is 0 Å². The molecule has 1 saturated heterocycles. The lowest BCUT2D eigenvalue weighted by Crippen LogP contribution is -2.50. The van der Waals surface area contributed by atoms with Gasteiger partial charge in [0, 0.05) is 43.6 Å². The van der Waals surface area contributed by atoms with Crippen LogP contribution in [0, 0.1) is 0 Å². The van der Waals surface area contributed by atoms with Gasteiger partial charge in [0.15, 0.2) is 0 Å². The number of rotatable bonds is 4. The van der Waals surface area contributed by atoms with Crippen molar-refractivity contribution in [2.24, 2.45) is 7.05 Å². The molecule has 9 heteroatoms. The number of piperidine rings is 1. The monoisotopic (exact) mass is 454 g/mol. The summed E-state index contributed by atoms with van der Waals surface area (Å²) in [6, 6.07) is 6.53. The molecule has 4 heterocycles. The Morgan fingerprint density at radius 3 is 3.03 bits per heavy atom. The van der Waals surface area contributed by atoms with E-state index in [1.54, 1.807) is 24.1 Å². The maximum absolute atomic E-state index is 12.2. The third-order valence-corrected chi connectivity index (χ3v) is 6.95. The third kappa shape index (κ3) is 3.98. The highest BCUT2D eigenvalue weighted by Crippen LogP contribution is 2.44. The minimum Gasteiger partial charge on any atom is -0.370 e. The first-order valence-corrected chi connectivity index (χ1v) is 11.4. The number of halogens is 1. The number of aromatic nitrogens is 5. The molecule has 0 radical (unpaired) electrons. The van der Waals surface area contributed by atoms with Gasteiger partial charge in [0.25, 0.3) is 5.56 Å². The van der Waals surface area contributed by atoms with Crippen LogP contribution in [-0.4, -0.2) is 48.6 Å². The van der Waals surface area contributed by atoms with Gasteiger partial charge < -0.3 is 9.30 Å². The molecule has 0 unspecified atom stereocenters. The number of ether oxygens (including phenoxy) is 1. The lowest BCUT2D eigenvalue weighted by Gasteiger charge is -2.48. The Bertz CT molecular complexity index is 1190. The summed E-state index contributed by atoms with van der Waals surface area (Å²) in [5, 5.41) is 9.31. The molecule has 1 spiro atoms. The van der Waals surface area contributed by atoms with E-state index in [0.717, 1.165) is 43.1 Å². The molecule has 2 aromatic heterocycles. The highest BCUT2D eigenvalue weighted by molar-refractivity contribution is 6.30. The van der Waals surface area contributed by atoms with Crippen LogP contribution in [0.5, 0.6) is 0 Å². The number of fused-ring (bicyclic) bond motifs is 2. The maximum Gasteiger partial charge on any atom is 0.273 e. The second kappa shape index (κ2) is 8.42. The van der Waals surface area contributed by atoms with Crippen molar-refractivity contribution in [3.63, 3.8) is 0 Å². The van der Waals surface area contributed by atoms with Gasteiger partial charge >= 0.3 is 0 Å². The van der Waals surface area contributed by atoms with Gasteiger partial charge in [-0.3, -0.25) is 14.7 Å². The summed E-state index contributed by atoms with van der Waals surface area (Å²) in [6.07, 6.45) is 7.94. The van der Waals surface area contributed by atoms with E-state index in [2.05, 4.69) is 39.3 Å². The van der Waals surface area contributed by atoms with E-state index < -0.39 is 0 Å². The number of hydrogen-bond donors (Lipinski definition) is 0. The fraction of sp³-hybridized carbons (Fsp3) is 0.478. The highest BCUT2D eigenvalue weighted by Gasteiger charge is 2.43. The largest absolute Gasteiger partial charge is 0.370 e. The molecule has 3 aromatic rings. The minimum atomic E-state index is -0.259. The number of aryl methyl sites for hydroxylation is 1. The SMILES string of the molecule is C[C@H]1C[C@@]2(CCN1Cc1cn(Cc3nccn(C)c3=O)nn1)OCCc1ccc(Cl)cc12. The van der Waals surface area contributed by atoms with Gasteiger partial charge in [-0.2, -0.15) is 0 Å². The van der Waals surface area contributed by atoms with Crippen molar-refractivity contribution < 1.29 is 4.74 Å². The van der Waals surface area contributed by atoms with Gasteiger partial charge in [0.1, 0.15) is 5.69 Å². The molecule has 32 heavy (non-hydrogen) atoms. The van der Waals surface area contributed by atoms with Crippen LogP contribution in [0.4, 0.5) is 0 Å². The third-order valence-electron chi connectivity index (χ3n) is 6.71. The molecule has 8 nitrogen and oxygen atoms in total. The van der Waals surface area contributed by atoms with Gasteiger partial charge in [-0.15, -0.1) is 5.10 Å². The summed E-state index contributed by atoms with van der Waals surface area (Å²) >= 11 is 6.32. The number of benzene rings is 1. The molecular weight excluding hydrogens is 428 g/mol. The van der Waals surface area contributed by atoms with Gasteiger partial charge in [-0.25, -0.2) is 4.68 Å². The molecule has 1 aromatic carbocycles. The van der Waals surface area contributed by atoms with Gasteiger partial charge in [0.2, 0.25) is 0 Å². The first kappa shape index (κ1) is 21.3. The number of hydrogen-bond acceptors (Lipinski definition) is 6. The summed E-state index contributed by atoms with van der Waals surface area (Å²) in [5.41, 5.74) is 3.56. The van der Waals surface area contributed by atoms with E-state index in [-0.39, 0.29) is 11.2 Å². The fourth-order valence-corrected chi connectivity index (χ4v) is 5.17. The Balaban J connectivity index is 1.28. The Labute approximate surface area is 191 Å². The van der Waals surface area contributed by atoms with Gasteiger partial charge in [-0.1, -0.05) is 22.9 Å². The Morgan fingerprint density at radius 2 is 2.19 bits per heavy atom. The topological polar surface area (TPSA) is 78.1 Å². The molecule has 0 bridgehead atoms. The minimum absolute atomic E-state index is 0.118. The van der Waals surface area contributed by atoms with Gasteiger partial charge in [0.05, 0.1) is 30.6 Å². The second-order valence-electron chi connectivity index (χ2n) is 8.87. The van der Waals surface area contributed by atoms with Crippen molar-refractivity contribution in [1.82, 2.24) is 29.4 Å². The quantitative estimate of drug-likeness (QED) is 0.602. The lowest BCUT2D eigenvalue weighted by atomic mass is 9.77. The Kier molecular flexibility index (Phi) is 5.61. The fourth-order valence-electron chi connectivity index (χ4n) is 5.00. The maximum atomic E-state index is 12.2. The molecular formula is C23H27ClN6O2. The molecule has 1 fully saturated rings. The second-order valence-corrected chi connectivity index (χ2v) is 9.30. The smallest absolute Gasteiger partial charge is 0.273 e. The van der Waals surface area contributed by atoms with Crippen molar-refractivity contribution in [2.45, 2.75) is 50.9 Å². The zero-order chi connectivity index (χ0) is 22.3. The van der Waals surface area contributed by atoms with Crippen molar-refractivity contribution in [2.75, 3.05) is 13.2 Å². The van der Waals surface area contributed by atoms with E-state index in [1.165, 1.54) is 15.7 Å². The van der Waals surface area contributed by atoms with Crippen molar-refractivity contribution in [3.05, 3.63) is 74.7 Å². The van der Waals surface area contributed by atoms with Crippen LogP contribution >= 0.6 is 11.6 Å². The van der Waals surface area contributed by atoms with Crippen LogP contribution < -0.4 is 5.56 Å². The predicted molar refractivity (Wildman–Crippen MR) is 120 cm³/mol. The molecule has 0 N–H and O–H groups in total. The van der Waals surface area contributed by atoms with E-state index in [9.17, 15) is 4.79 Å². The highest BCUT2D eigenvalue weighted by atomic mass is 35.5. The van der Waals surface area contributed by atoms with Crippen LogP contribution in [0.3, 0.4) is 0 Å². The van der Waals surface area contributed by atoms with Crippen molar-refractivity contribution in [3.8, 4) is 0 Å². The summed E-state index contributed by atoms with van der Waals surface area (Å²) in [6.45, 7) is 4.92. The summed E-state index contributed by atoms with van der Waals surface area (Å²) in [5.74, 6) is 0. The number of likely N-dealkylation sites (tertiary alicyclic amines) is 1. The summed E-state index contributed by atoms with van der Waals surface area (Å²) in [4.78, 5) is 18.8. The molecule has 0 saturated carbocycles. The van der Waals surface area contributed by atoms with Crippen molar-refractivity contribution in [1.29, 1.82) is 0 Å². The molecule has 2 aliphatic rings. The van der Waals surface area contributed by atoms with Crippen LogP contribution in [0.1, 0.15) is 42.3 Å². The Morgan fingerprint density at radius 1 is 1.31 bits per heavy atom. The lowest BCUT2D eigenvalue weighted by molar-refractivity contribution is -0.113. The first-order chi connectivity index (χ1) is 15.4. The molecule has 2 aliphatic heterocycles. The van der Waals surface area contributed by atoms with Gasteiger partial charge in [-0.05, 0) is 49.4 Å². The zero-order valence-electron chi connectivity index (χ0n) is 18.4. The van der Waals surface area contributed by atoms with E-state index in [1.807, 2.05) is 12.3 Å².